The van der Waals surface area contributed by atoms with Crippen molar-refractivity contribution in [2.24, 2.45) is 0 Å². The molecular weight excluding hydrogens is 228 g/mol. The quantitative estimate of drug-likeness (QED) is 0.781. The number of thiophene rings is 1. The predicted molar refractivity (Wildman–Crippen MR) is 74.7 cm³/mol. The average molecular weight is 244 g/mol. The molecule has 88 valence electrons. The summed E-state index contributed by atoms with van der Waals surface area (Å²) in [6.45, 7) is 4.16. The molecule has 0 fully saturated rings. The van der Waals surface area contributed by atoms with Gasteiger partial charge >= 0.3 is 0 Å². The third-order valence-electron chi connectivity index (χ3n) is 3.44. The Morgan fingerprint density at radius 2 is 2.18 bits per heavy atom. The maximum atomic E-state index is 5.98. The molecule has 0 bridgehead atoms. The summed E-state index contributed by atoms with van der Waals surface area (Å²) in [6.07, 6.45) is 1.15. The van der Waals surface area contributed by atoms with Crippen LogP contribution in [0, 0.1) is 6.92 Å². The van der Waals surface area contributed by atoms with Gasteiger partial charge in [0.15, 0.2) is 0 Å². The van der Waals surface area contributed by atoms with Gasteiger partial charge in [0, 0.05) is 29.3 Å². The molecule has 2 nitrogen and oxygen atoms in total. The van der Waals surface area contributed by atoms with Gasteiger partial charge in [0.1, 0.15) is 0 Å². The van der Waals surface area contributed by atoms with E-state index in [1.807, 2.05) is 18.3 Å². The van der Waals surface area contributed by atoms with Crippen LogP contribution in [-0.2, 0) is 13.0 Å². The normalized spacial score (nSPS) is 14.8. The lowest BCUT2D eigenvalue weighted by molar-refractivity contribution is 0.744. The van der Waals surface area contributed by atoms with Gasteiger partial charge in [-0.15, -0.1) is 11.3 Å². The van der Waals surface area contributed by atoms with Crippen molar-refractivity contribution in [1.29, 1.82) is 0 Å². The Hall–Kier alpha value is -1.48. The molecule has 0 spiro atoms. The smallest absolute Gasteiger partial charge is 0.0440 e. The fraction of sp³-hybridized carbons (Fsp3) is 0.286. The summed E-state index contributed by atoms with van der Waals surface area (Å²) in [5.74, 6) is 0. The standard InChI is InChI=1S/C14H16N2S/c1-10-2-3-12(8-13(10)15)16-6-4-14-11(9-16)5-7-17-14/h2-3,5,7-8H,4,6,9,15H2,1H3. The number of rotatable bonds is 1. The lowest BCUT2D eigenvalue weighted by atomic mass is 10.1. The van der Waals surface area contributed by atoms with Crippen LogP contribution in [0.15, 0.2) is 29.6 Å². The summed E-state index contributed by atoms with van der Waals surface area (Å²) in [4.78, 5) is 3.95. The van der Waals surface area contributed by atoms with E-state index in [9.17, 15) is 0 Å². The molecule has 3 heteroatoms. The highest BCUT2D eigenvalue weighted by Crippen LogP contribution is 2.29. The van der Waals surface area contributed by atoms with Crippen LogP contribution in [-0.4, -0.2) is 6.54 Å². The molecule has 2 heterocycles. The molecule has 3 rings (SSSR count). The summed E-state index contributed by atoms with van der Waals surface area (Å²) >= 11 is 1.88. The van der Waals surface area contributed by atoms with Crippen molar-refractivity contribution >= 4 is 22.7 Å². The fourth-order valence-corrected chi connectivity index (χ4v) is 3.18. The first kappa shape index (κ1) is 10.7. The second-order valence-electron chi connectivity index (χ2n) is 4.58. The Morgan fingerprint density at radius 3 is 3.00 bits per heavy atom. The summed E-state index contributed by atoms with van der Waals surface area (Å²) in [5, 5.41) is 2.19. The zero-order valence-electron chi connectivity index (χ0n) is 9.94. The molecule has 0 radical (unpaired) electrons. The predicted octanol–water partition coefficient (Wildman–Crippen LogP) is 3.20. The fourth-order valence-electron chi connectivity index (χ4n) is 2.29. The number of fused-ring (bicyclic) bond motifs is 1. The Morgan fingerprint density at radius 1 is 1.29 bits per heavy atom. The van der Waals surface area contributed by atoms with Crippen molar-refractivity contribution in [3.05, 3.63) is 45.6 Å². The highest BCUT2D eigenvalue weighted by molar-refractivity contribution is 7.10. The number of aryl methyl sites for hydroxylation is 1. The van der Waals surface area contributed by atoms with Crippen LogP contribution in [0.1, 0.15) is 16.0 Å². The molecule has 0 aliphatic carbocycles. The van der Waals surface area contributed by atoms with E-state index in [1.54, 1.807) is 4.88 Å². The molecule has 17 heavy (non-hydrogen) atoms. The van der Waals surface area contributed by atoms with Gasteiger partial charge < -0.3 is 10.6 Å². The minimum absolute atomic E-state index is 0.888. The largest absolute Gasteiger partial charge is 0.398 e. The molecule has 0 atom stereocenters. The van der Waals surface area contributed by atoms with Gasteiger partial charge in [-0.25, -0.2) is 0 Å². The van der Waals surface area contributed by atoms with Crippen LogP contribution in [0.4, 0.5) is 11.4 Å². The lowest BCUT2D eigenvalue weighted by Gasteiger charge is -2.29. The van der Waals surface area contributed by atoms with E-state index < -0.39 is 0 Å². The van der Waals surface area contributed by atoms with Crippen LogP contribution in [0.5, 0.6) is 0 Å². The first-order valence-corrected chi connectivity index (χ1v) is 6.78. The topological polar surface area (TPSA) is 29.3 Å². The van der Waals surface area contributed by atoms with E-state index in [0.29, 0.717) is 0 Å². The number of nitrogens with zero attached hydrogens (tertiary/aromatic N) is 1. The van der Waals surface area contributed by atoms with Gasteiger partial charge in [-0.05, 0) is 48.1 Å². The summed E-state index contributed by atoms with van der Waals surface area (Å²) in [6, 6.07) is 8.60. The monoisotopic (exact) mass is 244 g/mol. The molecule has 2 aromatic rings. The molecule has 2 N–H and O–H groups in total. The minimum Gasteiger partial charge on any atom is -0.398 e. The van der Waals surface area contributed by atoms with Crippen molar-refractivity contribution in [3.63, 3.8) is 0 Å². The van der Waals surface area contributed by atoms with E-state index in [1.165, 1.54) is 11.3 Å². The molecule has 0 amide bonds. The summed E-state index contributed by atoms with van der Waals surface area (Å²) in [5.41, 5.74) is 10.7. The highest BCUT2D eigenvalue weighted by atomic mass is 32.1. The number of nitrogens with two attached hydrogens (primary N) is 1. The van der Waals surface area contributed by atoms with Crippen molar-refractivity contribution in [2.45, 2.75) is 19.9 Å². The number of hydrogen-bond acceptors (Lipinski definition) is 3. The molecule has 1 aromatic heterocycles. The Balaban J connectivity index is 1.89. The second-order valence-corrected chi connectivity index (χ2v) is 5.58. The second kappa shape index (κ2) is 4.08. The first-order valence-electron chi connectivity index (χ1n) is 5.90. The third-order valence-corrected chi connectivity index (χ3v) is 4.46. The molecule has 0 unspecified atom stereocenters. The summed E-state index contributed by atoms with van der Waals surface area (Å²) in [7, 11) is 0. The average Bonchev–Trinajstić information content (AvgIpc) is 2.79. The zero-order valence-corrected chi connectivity index (χ0v) is 10.8. The van der Waals surface area contributed by atoms with Crippen molar-refractivity contribution in [2.75, 3.05) is 17.2 Å². The van der Waals surface area contributed by atoms with Crippen LogP contribution >= 0.6 is 11.3 Å². The molecule has 0 saturated carbocycles. The summed E-state index contributed by atoms with van der Waals surface area (Å²) < 4.78 is 0. The molecule has 1 aliphatic heterocycles. The Kier molecular flexibility index (Phi) is 2.56. The van der Waals surface area contributed by atoms with Gasteiger partial charge in [-0.3, -0.25) is 0 Å². The van der Waals surface area contributed by atoms with Crippen LogP contribution in [0.3, 0.4) is 0 Å². The maximum Gasteiger partial charge on any atom is 0.0440 e. The van der Waals surface area contributed by atoms with E-state index in [-0.39, 0.29) is 0 Å². The Labute approximate surface area is 106 Å². The van der Waals surface area contributed by atoms with Crippen LogP contribution in [0.25, 0.3) is 0 Å². The number of hydrogen-bond donors (Lipinski definition) is 1. The minimum atomic E-state index is 0.888. The van der Waals surface area contributed by atoms with Gasteiger partial charge in [-0.2, -0.15) is 0 Å². The third kappa shape index (κ3) is 1.91. The van der Waals surface area contributed by atoms with Crippen LogP contribution in [0.2, 0.25) is 0 Å². The molecule has 1 aromatic carbocycles. The van der Waals surface area contributed by atoms with Gasteiger partial charge in [0.25, 0.3) is 0 Å². The number of benzene rings is 1. The lowest BCUT2D eigenvalue weighted by Crippen LogP contribution is -2.29. The number of nitrogen functional groups attached to an aromatic ring is 1. The zero-order chi connectivity index (χ0) is 11.8. The van der Waals surface area contributed by atoms with E-state index in [0.717, 1.165) is 30.8 Å². The van der Waals surface area contributed by atoms with E-state index in [4.69, 9.17) is 5.73 Å². The molecule has 0 saturated heterocycles. The first-order chi connectivity index (χ1) is 8.24. The van der Waals surface area contributed by atoms with E-state index in [2.05, 4.69) is 34.5 Å². The van der Waals surface area contributed by atoms with Gasteiger partial charge in [0.05, 0.1) is 0 Å². The number of anilines is 2. The van der Waals surface area contributed by atoms with Crippen molar-refractivity contribution in [3.8, 4) is 0 Å². The Bertz CT molecular complexity index is 545. The van der Waals surface area contributed by atoms with Gasteiger partial charge in [-0.1, -0.05) is 6.07 Å². The van der Waals surface area contributed by atoms with Crippen LogP contribution < -0.4 is 10.6 Å². The van der Waals surface area contributed by atoms with Crippen molar-refractivity contribution < 1.29 is 0 Å². The maximum absolute atomic E-state index is 5.98. The highest BCUT2D eigenvalue weighted by Gasteiger charge is 2.17. The van der Waals surface area contributed by atoms with Gasteiger partial charge in [0.2, 0.25) is 0 Å². The SMILES string of the molecule is Cc1ccc(N2CCc3sccc3C2)cc1N. The van der Waals surface area contributed by atoms with E-state index >= 15 is 0 Å². The molecular formula is C14H16N2S. The van der Waals surface area contributed by atoms with Crippen molar-refractivity contribution in [1.82, 2.24) is 0 Å². The molecule has 1 aliphatic rings.